The summed E-state index contributed by atoms with van der Waals surface area (Å²) in [5.74, 6) is -0.985. The third kappa shape index (κ3) is 3.98. The summed E-state index contributed by atoms with van der Waals surface area (Å²) in [5, 5.41) is 21.5. The molecule has 1 aromatic carbocycles. The number of hydrogen-bond acceptors (Lipinski definition) is 7. The Morgan fingerprint density at radius 2 is 1.97 bits per heavy atom. The molecule has 10 nitrogen and oxygen atoms in total. The highest BCUT2D eigenvalue weighted by Crippen LogP contribution is 2.29. The molecule has 12 heteroatoms. The van der Waals surface area contributed by atoms with Crippen LogP contribution in [0.1, 0.15) is 24.3 Å². The van der Waals surface area contributed by atoms with Crippen LogP contribution < -0.4 is 5.32 Å². The summed E-state index contributed by atoms with van der Waals surface area (Å²) in [7, 11) is -3.50. The Morgan fingerprint density at radius 1 is 1.19 bits per heavy atom. The first-order valence-electron chi connectivity index (χ1n) is 9.68. The molecule has 32 heavy (non-hydrogen) atoms. The number of anilines is 1. The highest BCUT2D eigenvalue weighted by molar-refractivity contribution is 9.10. The molecule has 166 valence electrons. The van der Waals surface area contributed by atoms with E-state index in [9.17, 15) is 18.3 Å². The Hall–Kier alpha value is -3.25. The third-order valence-corrected chi connectivity index (χ3v) is 7.14. The fourth-order valence-corrected chi connectivity index (χ4v) is 4.50. The van der Waals surface area contributed by atoms with Gasteiger partial charge in [-0.2, -0.15) is 10.2 Å². The predicted molar refractivity (Wildman–Crippen MR) is 121 cm³/mol. The second-order valence-corrected chi connectivity index (χ2v) is 9.98. The van der Waals surface area contributed by atoms with Gasteiger partial charge in [0, 0.05) is 25.0 Å². The van der Waals surface area contributed by atoms with Gasteiger partial charge >= 0.3 is 0 Å². The van der Waals surface area contributed by atoms with E-state index in [1.165, 1.54) is 35.7 Å². The summed E-state index contributed by atoms with van der Waals surface area (Å²) in [6, 6.07) is 6.97. The van der Waals surface area contributed by atoms with Crippen molar-refractivity contribution in [3.05, 3.63) is 52.9 Å². The van der Waals surface area contributed by atoms with Gasteiger partial charge in [-0.05, 0) is 47.1 Å². The minimum Gasteiger partial charge on any atom is -0.506 e. The number of aromatic hydroxyl groups is 1. The molecule has 0 spiro atoms. The van der Waals surface area contributed by atoms with Gasteiger partial charge < -0.3 is 10.4 Å². The summed E-state index contributed by atoms with van der Waals surface area (Å²) >= 11 is 3.50. The van der Waals surface area contributed by atoms with Crippen molar-refractivity contribution >= 4 is 43.0 Å². The highest BCUT2D eigenvalue weighted by atomic mass is 79.9. The van der Waals surface area contributed by atoms with E-state index in [2.05, 4.69) is 36.4 Å². The average molecular weight is 519 g/mol. The second kappa shape index (κ2) is 8.36. The van der Waals surface area contributed by atoms with Crippen molar-refractivity contribution < 1.29 is 18.3 Å². The number of benzene rings is 1. The van der Waals surface area contributed by atoms with E-state index in [4.69, 9.17) is 0 Å². The fraction of sp³-hybridized carbons (Fsp3) is 0.200. The lowest BCUT2D eigenvalue weighted by Crippen LogP contribution is -2.14. The number of hydrogen-bond donors (Lipinski definition) is 2. The van der Waals surface area contributed by atoms with Gasteiger partial charge in [-0.3, -0.25) is 9.48 Å². The van der Waals surface area contributed by atoms with Crippen LogP contribution in [0.5, 0.6) is 5.75 Å². The molecule has 0 atom stereocenters. The normalized spacial score (nSPS) is 11.7. The van der Waals surface area contributed by atoms with Crippen molar-refractivity contribution in [1.29, 1.82) is 0 Å². The number of aryl methyl sites for hydroxylation is 1. The molecule has 0 saturated heterocycles. The second-order valence-electron chi connectivity index (χ2n) is 6.85. The highest BCUT2D eigenvalue weighted by Gasteiger charge is 2.20. The maximum atomic E-state index is 12.8. The summed E-state index contributed by atoms with van der Waals surface area (Å²) < 4.78 is 28.3. The van der Waals surface area contributed by atoms with Gasteiger partial charge in [0.05, 0.1) is 26.5 Å². The van der Waals surface area contributed by atoms with Crippen LogP contribution in [-0.4, -0.2) is 49.6 Å². The number of sulfone groups is 1. The standard InChI is InChI=1S/C20H19BrN6O4S/c1-3-26-11-13(21)19(25-26)16-7-8-22-18-10-15(24-27(16)18)20(29)23-14-9-12(5-6-17(14)28)32(30,31)4-2/h5-11,28H,3-4H2,1-2H3,(H,23,29). The van der Waals surface area contributed by atoms with Crippen LogP contribution in [0.15, 0.2) is 52.1 Å². The number of phenols is 1. The first kappa shape index (κ1) is 22.0. The van der Waals surface area contributed by atoms with Crippen molar-refractivity contribution in [2.75, 3.05) is 11.1 Å². The maximum absolute atomic E-state index is 12.8. The topological polar surface area (TPSA) is 131 Å². The molecule has 1 amide bonds. The Morgan fingerprint density at radius 3 is 2.66 bits per heavy atom. The van der Waals surface area contributed by atoms with Gasteiger partial charge in [0.2, 0.25) is 0 Å². The van der Waals surface area contributed by atoms with E-state index in [0.717, 1.165) is 4.47 Å². The summed E-state index contributed by atoms with van der Waals surface area (Å²) in [6.07, 6.45) is 3.44. The van der Waals surface area contributed by atoms with Crippen molar-refractivity contribution in [3.63, 3.8) is 0 Å². The summed E-state index contributed by atoms with van der Waals surface area (Å²) in [5.41, 5.74) is 1.71. The van der Waals surface area contributed by atoms with Crippen molar-refractivity contribution in [3.8, 4) is 17.1 Å². The van der Waals surface area contributed by atoms with Crippen LogP contribution in [0, 0.1) is 0 Å². The SMILES string of the molecule is CCn1cc(Br)c(-c2ccnc3cc(C(=O)Nc4cc(S(=O)(=O)CC)ccc4O)nn23)n1. The van der Waals surface area contributed by atoms with Gasteiger partial charge in [-0.1, -0.05) is 6.92 Å². The number of aromatic nitrogens is 5. The molecule has 2 N–H and O–H groups in total. The van der Waals surface area contributed by atoms with E-state index in [1.54, 1.807) is 16.9 Å². The molecule has 0 radical (unpaired) electrons. The number of rotatable bonds is 6. The molecule has 4 aromatic rings. The molecule has 0 aliphatic rings. The van der Waals surface area contributed by atoms with E-state index >= 15 is 0 Å². The number of carbonyl (C=O) groups excluding carboxylic acids is 1. The van der Waals surface area contributed by atoms with Crippen molar-refractivity contribution in [2.45, 2.75) is 25.3 Å². The molecule has 0 fully saturated rings. The van der Waals surface area contributed by atoms with Crippen LogP contribution in [0.2, 0.25) is 0 Å². The Labute approximate surface area is 192 Å². The van der Waals surface area contributed by atoms with Crippen LogP contribution in [0.25, 0.3) is 17.0 Å². The molecule has 4 rings (SSSR count). The molecule has 0 unspecified atom stereocenters. The minimum absolute atomic E-state index is 0.00316. The molecular formula is C20H19BrN6O4S. The molecule has 3 heterocycles. The van der Waals surface area contributed by atoms with E-state index in [1.807, 2.05) is 13.1 Å². The lowest BCUT2D eigenvalue weighted by molar-refractivity contribution is 0.102. The number of fused-ring (bicyclic) bond motifs is 1. The van der Waals surface area contributed by atoms with Gasteiger partial charge in [-0.25, -0.2) is 17.9 Å². The largest absolute Gasteiger partial charge is 0.506 e. The predicted octanol–water partition coefficient (Wildman–Crippen LogP) is 3.13. The Kier molecular flexibility index (Phi) is 5.73. The summed E-state index contributed by atoms with van der Waals surface area (Å²) in [6.45, 7) is 4.18. The number of phenolic OH excluding ortho intramolecular Hbond substituents is 1. The quantitative estimate of drug-likeness (QED) is 0.374. The number of halogens is 1. The average Bonchev–Trinajstić information content (AvgIpc) is 3.38. The smallest absolute Gasteiger partial charge is 0.276 e. The number of nitrogens with one attached hydrogen (secondary N) is 1. The fourth-order valence-electron chi connectivity index (χ4n) is 3.08. The molecule has 0 bridgehead atoms. The van der Waals surface area contributed by atoms with Crippen LogP contribution in [-0.2, 0) is 16.4 Å². The van der Waals surface area contributed by atoms with Crippen molar-refractivity contribution in [2.24, 2.45) is 0 Å². The zero-order chi connectivity index (χ0) is 23.0. The number of carbonyl (C=O) groups is 1. The third-order valence-electron chi connectivity index (χ3n) is 4.83. The molecule has 0 saturated carbocycles. The zero-order valence-corrected chi connectivity index (χ0v) is 19.6. The summed E-state index contributed by atoms with van der Waals surface area (Å²) in [4.78, 5) is 17.1. The van der Waals surface area contributed by atoms with Gasteiger partial charge in [-0.15, -0.1) is 0 Å². The van der Waals surface area contributed by atoms with Gasteiger partial charge in [0.25, 0.3) is 5.91 Å². The van der Waals surface area contributed by atoms with Crippen LogP contribution >= 0.6 is 15.9 Å². The molecule has 0 aliphatic carbocycles. The van der Waals surface area contributed by atoms with Crippen LogP contribution in [0.4, 0.5) is 5.69 Å². The molecular weight excluding hydrogens is 500 g/mol. The minimum atomic E-state index is -3.50. The van der Waals surface area contributed by atoms with Crippen LogP contribution in [0.3, 0.4) is 0 Å². The Bertz CT molecular complexity index is 1440. The van der Waals surface area contributed by atoms with E-state index in [0.29, 0.717) is 23.6 Å². The van der Waals surface area contributed by atoms with E-state index in [-0.39, 0.29) is 27.8 Å². The number of nitrogens with zero attached hydrogens (tertiary/aromatic N) is 5. The molecule has 0 aliphatic heterocycles. The number of amides is 1. The lowest BCUT2D eigenvalue weighted by atomic mass is 10.3. The molecule has 3 aromatic heterocycles. The van der Waals surface area contributed by atoms with Gasteiger partial charge in [0.1, 0.15) is 11.4 Å². The Balaban J connectivity index is 1.70. The van der Waals surface area contributed by atoms with E-state index < -0.39 is 15.7 Å². The monoisotopic (exact) mass is 518 g/mol. The maximum Gasteiger partial charge on any atom is 0.276 e. The first-order chi connectivity index (χ1) is 15.2. The van der Waals surface area contributed by atoms with Gasteiger partial charge in [0.15, 0.2) is 21.2 Å². The first-order valence-corrected chi connectivity index (χ1v) is 12.1. The lowest BCUT2D eigenvalue weighted by Gasteiger charge is -2.08. The van der Waals surface area contributed by atoms with Crippen molar-refractivity contribution in [1.82, 2.24) is 24.4 Å². The zero-order valence-electron chi connectivity index (χ0n) is 17.1.